The van der Waals surface area contributed by atoms with Crippen molar-refractivity contribution in [2.24, 2.45) is 0 Å². The van der Waals surface area contributed by atoms with Crippen molar-refractivity contribution in [1.29, 1.82) is 0 Å². The molecule has 0 aromatic carbocycles. The molecule has 0 saturated heterocycles. The van der Waals surface area contributed by atoms with Crippen molar-refractivity contribution in [2.45, 2.75) is 51.3 Å². The van der Waals surface area contributed by atoms with E-state index in [0.717, 1.165) is 23.5 Å². The Balaban J connectivity index is 1.80. The molecule has 0 aliphatic rings. The first-order valence-corrected chi connectivity index (χ1v) is 9.12. The first-order valence-electron chi connectivity index (χ1n) is 7.26. The number of hydrogen-bond donors (Lipinski definition) is 1. The molecule has 22 heavy (non-hydrogen) atoms. The van der Waals surface area contributed by atoms with Gasteiger partial charge in [-0.25, -0.2) is 4.98 Å². The van der Waals surface area contributed by atoms with Crippen LogP contribution < -0.4 is 5.32 Å². The molecule has 0 spiro atoms. The number of carbonyl (C=O) groups is 1. The van der Waals surface area contributed by atoms with Crippen molar-refractivity contribution in [1.82, 2.24) is 20.5 Å². The lowest BCUT2D eigenvalue weighted by Gasteiger charge is -2.13. The number of carbonyl (C=O) groups excluding carboxylic acids is 1. The number of thioether (sulfide) groups is 1. The van der Waals surface area contributed by atoms with Crippen LogP contribution in [-0.2, 0) is 11.2 Å². The van der Waals surface area contributed by atoms with Gasteiger partial charge in [0.25, 0.3) is 5.22 Å². The van der Waals surface area contributed by atoms with Gasteiger partial charge in [-0.15, -0.1) is 21.5 Å². The van der Waals surface area contributed by atoms with Gasteiger partial charge in [0.1, 0.15) is 0 Å². The first kappa shape index (κ1) is 17.0. The molecule has 2 heterocycles. The molecule has 0 fully saturated rings. The van der Waals surface area contributed by atoms with E-state index in [4.69, 9.17) is 4.42 Å². The van der Waals surface area contributed by atoms with Crippen molar-refractivity contribution < 1.29 is 9.21 Å². The summed E-state index contributed by atoms with van der Waals surface area (Å²) in [6.45, 7) is 6.08. The fraction of sp³-hybridized carbons (Fsp3) is 0.571. The van der Waals surface area contributed by atoms with E-state index in [-0.39, 0.29) is 17.7 Å². The van der Waals surface area contributed by atoms with E-state index in [1.165, 1.54) is 11.8 Å². The van der Waals surface area contributed by atoms with Crippen molar-refractivity contribution in [3.63, 3.8) is 0 Å². The third kappa shape index (κ3) is 5.10. The van der Waals surface area contributed by atoms with Crippen molar-refractivity contribution >= 4 is 29.0 Å². The molecule has 0 radical (unpaired) electrons. The summed E-state index contributed by atoms with van der Waals surface area (Å²) < 4.78 is 5.53. The zero-order valence-electron chi connectivity index (χ0n) is 13.0. The average Bonchev–Trinajstić information content (AvgIpc) is 3.12. The number of amides is 1. The van der Waals surface area contributed by atoms with Crippen LogP contribution >= 0.6 is 23.1 Å². The third-order valence-electron chi connectivity index (χ3n) is 3.12. The quantitative estimate of drug-likeness (QED) is 0.744. The van der Waals surface area contributed by atoms with E-state index in [1.54, 1.807) is 11.3 Å². The summed E-state index contributed by atoms with van der Waals surface area (Å²) in [4.78, 5) is 16.2. The molecule has 0 saturated carbocycles. The van der Waals surface area contributed by atoms with Gasteiger partial charge in [0.15, 0.2) is 0 Å². The molecule has 1 amide bonds. The predicted molar refractivity (Wildman–Crippen MR) is 87.2 cm³/mol. The Morgan fingerprint density at radius 1 is 1.41 bits per heavy atom. The molecule has 0 atom stereocenters. The SMILES string of the molecule is CCC(CC)NC(=O)CSc1nnc(Cc2csc(C)n2)o1. The minimum atomic E-state index is -0.00595. The van der Waals surface area contributed by atoms with Crippen LogP contribution in [0.4, 0.5) is 0 Å². The molecule has 2 aromatic heterocycles. The number of thiazole rings is 1. The van der Waals surface area contributed by atoms with Crippen molar-refractivity contribution in [3.05, 3.63) is 22.0 Å². The number of nitrogens with zero attached hydrogens (tertiary/aromatic N) is 3. The summed E-state index contributed by atoms with van der Waals surface area (Å²) in [5.74, 6) is 0.801. The van der Waals surface area contributed by atoms with Gasteiger partial charge in [0, 0.05) is 11.4 Å². The van der Waals surface area contributed by atoms with Gasteiger partial charge in [-0.3, -0.25) is 4.79 Å². The lowest BCUT2D eigenvalue weighted by atomic mass is 10.2. The molecule has 2 aromatic rings. The largest absolute Gasteiger partial charge is 0.416 e. The standard InChI is InChI=1S/C14H20N4O2S2/c1-4-10(5-2)16-12(19)8-22-14-18-17-13(20-14)6-11-7-21-9(3)15-11/h7,10H,4-6,8H2,1-3H3,(H,16,19). The fourth-order valence-electron chi connectivity index (χ4n) is 1.90. The molecular weight excluding hydrogens is 320 g/mol. The van der Waals surface area contributed by atoms with Gasteiger partial charge in [0.2, 0.25) is 11.8 Å². The minimum absolute atomic E-state index is 0.00595. The second kappa shape index (κ2) is 8.28. The summed E-state index contributed by atoms with van der Waals surface area (Å²) in [6.07, 6.45) is 2.40. The Kier molecular flexibility index (Phi) is 6.38. The van der Waals surface area contributed by atoms with E-state index in [1.807, 2.05) is 12.3 Å². The Morgan fingerprint density at radius 2 is 2.18 bits per heavy atom. The average molecular weight is 340 g/mol. The monoisotopic (exact) mass is 340 g/mol. The van der Waals surface area contributed by atoms with E-state index in [9.17, 15) is 4.79 Å². The molecule has 6 nitrogen and oxygen atoms in total. The highest BCUT2D eigenvalue weighted by atomic mass is 32.2. The lowest BCUT2D eigenvalue weighted by molar-refractivity contribution is -0.119. The van der Waals surface area contributed by atoms with E-state index >= 15 is 0 Å². The first-order chi connectivity index (χ1) is 10.6. The Hall–Kier alpha value is -1.41. The maximum absolute atomic E-state index is 11.8. The molecule has 120 valence electrons. The number of rotatable bonds is 8. The van der Waals surface area contributed by atoms with Gasteiger partial charge in [-0.2, -0.15) is 0 Å². The second-order valence-electron chi connectivity index (χ2n) is 4.87. The molecular formula is C14H20N4O2S2. The lowest BCUT2D eigenvalue weighted by Crippen LogP contribution is -2.34. The summed E-state index contributed by atoms with van der Waals surface area (Å²) in [6, 6.07) is 0.235. The smallest absolute Gasteiger partial charge is 0.277 e. The van der Waals surface area contributed by atoms with Crippen molar-refractivity contribution in [3.8, 4) is 0 Å². The van der Waals surface area contributed by atoms with E-state index < -0.39 is 0 Å². The number of aromatic nitrogens is 3. The summed E-state index contributed by atoms with van der Waals surface area (Å²) in [5, 5.41) is 14.3. The van der Waals surface area contributed by atoms with Crippen LogP contribution in [0.15, 0.2) is 15.0 Å². The van der Waals surface area contributed by atoms with Crippen LogP contribution in [0.25, 0.3) is 0 Å². The van der Waals surface area contributed by atoms with Crippen LogP contribution in [-0.4, -0.2) is 32.9 Å². The third-order valence-corrected chi connectivity index (χ3v) is 4.77. The number of aryl methyl sites for hydroxylation is 1. The highest BCUT2D eigenvalue weighted by Gasteiger charge is 2.13. The molecule has 1 N–H and O–H groups in total. The van der Waals surface area contributed by atoms with Crippen LogP contribution in [0.2, 0.25) is 0 Å². The zero-order chi connectivity index (χ0) is 15.9. The van der Waals surface area contributed by atoms with E-state index in [2.05, 4.69) is 34.3 Å². The van der Waals surface area contributed by atoms with Crippen molar-refractivity contribution in [2.75, 3.05) is 5.75 Å². The summed E-state index contributed by atoms with van der Waals surface area (Å²) in [7, 11) is 0. The van der Waals surface area contributed by atoms with E-state index in [0.29, 0.717) is 17.5 Å². The topological polar surface area (TPSA) is 80.9 Å². The van der Waals surface area contributed by atoms with Crippen LogP contribution in [0, 0.1) is 6.92 Å². The number of hydrogen-bond acceptors (Lipinski definition) is 7. The second-order valence-corrected chi connectivity index (χ2v) is 6.85. The van der Waals surface area contributed by atoms with Crippen LogP contribution in [0.5, 0.6) is 0 Å². The summed E-state index contributed by atoms with van der Waals surface area (Å²) >= 11 is 2.85. The molecule has 8 heteroatoms. The highest BCUT2D eigenvalue weighted by Crippen LogP contribution is 2.18. The fourth-order valence-corrected chi connectivity index (χ4v) is 3.11. The van der Waals surface area contributed by atoms with Crippen LogP contribution in [0.1, 0.15) is 43.3 Å². The van der Waals surface area contributed by atoms with Crippen LogP contribution in [0.3, 0.4) is 0 Å². The Labute approximate surface area is 138 Å². The van der Waals surface area contributed by atoms with Gasteiger partial charge in [-0.05, 0) is 19.8 Å². The predicted octanol–water partition coefficient (Wildman–Crippen LogP) is 2.82. The summed E-state index contributed by atoms with van der Waals surface area (Å²) in [5.41, 5.74) is 0.925. The maximum Gasteiger partial charge on any atom is 0.277 e. The highest BCUT2D eigenvalue weighted by molar-refractivity contribution is 7.99. The normalized spacial score (nSPS) is 11.1. The van der Waals surface area contributed by atoms with Gasteiger partial charge in [-0.1, -0.05) is 25.6 Å². The molecule has 2 rings (SSSR count). The van der Waals surface area contributed by atoms with Gasteiger partial charge < -0.3 is 9.73 Å². The molecule has 0 bridgehead atoms. The minimum Gasteiger partial charge on any atom is -0.416 e. The van der Waals surface area contributed by atoms with Gasteiger partial charge in [0.05, 0.1) is 22.9 Å². The molecule has 0 aliphatic heterocycles. The molecule has 0 aliphatic carbocycles. The Morgan fingerprint density at radius 3 is 2.82 bits per heavy atom. The molecule has 0 unspecified atom stereocenters. The number of nitrogens with one attached hydrogen (secondary N) is 1. The van der Waals surface area contributed by atoms with Gasteiger partial charge >= 0.3 is 0 Å². The Bertz CT molecular complexity index is 608. The zero-order valence-corrected chi connectivity index (χ0v) is 14.6. The maximum atomic E-state index is 11.8.